The standard InChI is InChI=1S/C14H19N3S/c1-17(11-5-4-9-15-10-8-11)14-16-12-6-2-3-7-13(12)18-14/h2-3,6-7,11,15H,4-5,8-10H2,1H3. The summed E-state index contributed by atoms with van der Waals surface area (Å²) in [6, 6.07) is 9.01. The molecule has 0 radical (unpaired) electrons. The number of nitrogens with zero attached hydrogens (tertiary/aromatic N) is 2. The second kappa shape index (κ2) is 5.24. The Labute approximate surface area is 112 Å². The first-order valence-corrected chi connectivity index (χ1v) is 7.45. The first-order valence-electron chi connectivity index (χ1n) is 6.64. The minimum absolute atomic E-state index is 0.626. The van der Waals surface area contributed by atoms with Gasteiger partial charge in [-0.1, -0.05) is 23.5 Å². The molecule has 1 aromatic heterocycles. The SMILES string of the molecule is CN(c1nc2ccccc2s1)C1CCCNCC1. The van der Waals surface area contributed by atoms with Crippen molar-refractivity contribution in [1.82, 2.24) is 10.3 Å². The van der Waals surface area contributed by atoms with Crippen LogP contribution in [0, 0.1) is 0 Å². The van der Waals surface area contributed by atoms with Gasteiger partial charge in [-0.25, -0.2) is 4.98 Å². The fraction of sp³-hybridized carbons (Fsp3) is 0.500. The molecule has 2 aromatic rings. The summed E-state index contributed by atoms with van der Waals surface area (Å²) in [4.78, 5) is 7.12. The van der Waals surface area contributed by atoms with Gasteiger partial charge in [-0.2, -0.15) is 0 Å². The molecular formula is C14H19N3S. The topological polar surface area (TPSA) is 28.2 Å². The highest BCUT2D eigenvalue weighted by molar-refractivity contribution is 7.22. The molecule has 1 N–H and O–H groups in total. The minimum atomic E-state index is 0.626. The van der Waals surface area contributed by atoms with Crippen LogP contribution in [0.15, 0.2) is 24.3 Å². The summed E-state index contributed by atoms with van der Waals surface area (Å²) >= 11 is 1.80. The molecule has 0 saturated carbocycles. The molecule has 2 heterocycles. The van der Waals surface area contributed by atoms with E-state index in [1.807, 2.05) is 0 Å². The zero-order chi connectivity index (χ0) is 12.4. The van der Waals surface area contributed by atoms with Crippen LogP contribution in [0.5, 0.6) is 0 Å². The van der Waals surface area contributed by atoms with Gasteiger partial charge in [0.25, 0.3) is 0 Å². The van der Waals surface area contributed by atoms with Gasteiger partial charge in [-0.15, -0.1) is 0 Å². The van der Waals surface area contributed by atoms with Crippen LogP contribution < -0.4 is 10.2 Å². The molecule has 1 aliphatic heterocycles. The van der Waals surface area contributed by atoms with Crippen LogP contribution in [-0.2, 0) is 0 Å². The molecular weight excluding hydrogens is 242 g/mol. The van der Waals surface area contributed by atoms with E-state index in [0.717, 1.165) is 23.7 Å². The van der Waals surface area contributed by atoms with Crippen molar-refractivity contribution in [3.8, 4) is 0 Å². The number of rotatable bonds is 2. The van der Waals surface area contributed by atoms with E-state index < -0.39 is 0 Å². The van der Waals surface area contributed by atoms with Crippen LogP contribution in [0.25, 0.3) is 10.2 Å². The van der Waals surface area contributed by atoms with Gasteiger partial charge in [0.2, 0.25) is 0 Å². The number of thiazole rings is 1. The van der Waals surface area contributed by atoms with Crippen LogP contribution in [0.4, 0.5) is 5.13 Å². The molecule has 1 atom stereocenters. The predicted octanol–water partition coefficient (Wildman–Crippen LogP) is 2.87. The van der Waals surface area contributed by atoms with Gasteiger partial charge in [0.05, 0.1) is 10.2 Å². The normalized spacial score (nSPS) is 20.8. The van der Waals surface area contributed by atoms with E-state index in [9.17, 15) is 0 Å². The molecule has 1 unspecified atom stereocenters. The van der Waals surface area contributed by atoms with E-state index in [-0.39, 0.29) is 0 Å². The van der Waals surface area contributed by atoms with E-state index in [1.54, 1.807) is 11.3 Å². The largest absolute Gasteiger partial charge is 0.348 e. The number of hydrogen-bond donors (Lipinski definition) is 1. The second-order valence-electron chi connectivity index (χ2n) is 4.91. The minimum Gasteiger partial charge on any atom is -0.348 e. The third kappa shape index (κ3) is 2.35. The number of nitrogens with one attached hydrogen (secondary N) is 1. The molecule has 0 aliphatic carbocycles. The molecule has 1 fully saturated rings. The zero-order valence-corrected chi connectivity index (χ0v) is 11.5. The lowest BCUT2D eigenvalue weighted by atomic mass is 10.1. The van der Waals surface area contributed by atoms with Crippen LogP contribution in [0.3, 0.4) is 0 Å². The number of hydrogen-bond acceptors (Lipinski definition) is 4. The van der Waals surface area contributed by atoms with Crippen molar-refractivity contribution in [3.05, 3.63) is 24.3 Å². The Morgan fingerprint density at radius 2 is 2.17 bits per heavy atom. The monoisotopic (exact) mass is 261 g/mol. The highest BCUT2D eigenvalue weighted by atomic mass is 32.1. The Hall–Kier alpha value is -1.13. The third-order valence-electron chi connectivity index (χ3n) is 3.68. The molecule has 1 aliphatic rings. The maximum absolute atomic E-state index is 4.74. The van der Waals surface area contributed by atoms with Crippen LogP contribution in [0.1, 0.15) is 19.3 Å². The summed E-state index contributed by atoms with van der Waals surface area (Å²) < 4.78 is 1.28. The lowest BCUT2D eigenvalue weighted by molar-refractivity contribution is 0.566. The molecule has 18 heavy (non-hydrogen) atoms. The van der Waals surface area contributed by atoms with Crippen molar-refractivity contribution in [1.29, 1.82) is 0 Å². The maximum atomic E-state index is 4.74. The Kier molecular flexibility index (Phi) is 3.48. The Morgan fingerprint density at radius 1 is 1.28 bits per heavy atom. The van der Waals surface area contributed by atoms with E-state index in [4.69, 9.17) is 4.98 Å². The molecule has 0 spiro atoms. The molecule has 96 valence electrons. The van der Waals surface area contributed by atoms with Crippen molar-refractivity contribution in [2.45, 2.75) is 25.3 Å². The van der Waals surface area contributed by atoms with E-state index in [1.165, 1.54) is 24.0 Å². The van der Waals surface area contributed by atoms with Gasteiger partial charge in [0.1, 0.15) is 0 Å². The maximum Gasteiger partial charge on any atom is 0.186 e. The lowest BCUT2D eigenvalue weighted by Crippen LogP contribution is -2.32. The Morgan fingerprint density at radius 3 is 3.06 bits per heavy atom. The number of para-hydroxylation sites is 1. The van der Waals surface area contributed by atoms with E-state index >= 15 is 0 Å². The quantitative estimate of drug-likeness (QED) is 0.901. The van der Waals surface area contributed by atoms with E-state index in [0.29, 0.717) is 6.04 Å². The van der Waals surface area contributed by atoms with Crippen LogP contribution in [-0.4, -0.2) is 31.2 Å². The smallest absolute Gasteiger partial charge is 0.186 e. The molecule has 0 bridgehead atoms. The highest BCUT2D eigenvalue weighted by Gasteiger charge is 2.19. The number of anilines is 1. The summed E-state index contributed by atoms with van der Waals surface area (Å²) in [6.45, 7) is 2.28. The zero-order valence-electron chi connectivity index (χ0n) is 10.7. The summed E-state index contributed by atoms with van der Waals surface area (Å²) in [5.41, 5.74) is 1.12. The predicted molar refractivity (Wildman–Crippen MR) is 78.5 cm³/mol. The number of fused-ring (bicyclic) bond motifs is 1. The Balaban J connectivity index is 1.83. The molecule has 1 saturated heterocycles. The van der Waals surface area contributed by atoms with Crippen molar-refractivity contribution in [2.24, 2.45) is 0 Å². The fourth-order valence-corrected chi connectivity index (χ4v) is 3.55. The van der Waals surface area contributed by atoms with Gasteiger partial charge in [0.15, 0.2) is 5.13 Å². The molecule has 4 heteroatoms. The third-order valence-corrected chi connectivity index (χ3v) is 4.80. The van der Waals surface area contributed by atoms with Gasteiger partial charge < -0.3 is 10.2 Å². The second-order valence-corrected chi connectivity index (χ2v) is 5.92. The van der Waals surface area contributed by atoms with Crippen molar-refractivity contribution >= 4 is 26.7 Å². The average molecular weight is 261 g/mol. The Bertz CT molecular complexity index is 481. The average Bonchev–Trinajstić information content (AvgIpc) is 2.64. The molecule has 0 amide bonds. The summed E-state index contributed by atoms with van der Waals surface area (Å²) in [7, 11) is 2.19. The molecule has 3 nitrogen and oxygen atoms in total. The van der Waals surface area contributed by atoms with Crippen molar-refractivity contribution in [3.63, 3.8) is 0 Å². The lowest BCUT2D eigenvalue weighted by Gasteiger charge is -2.26. The van der Waals surface area contributed by atoms with E-state index in [2.05, 4.69) is 41.5 Å². The summed E-state index contributed by atoms with van der Waals surface area (Å²) in [5.74, 6) is 0. The van der Waals surface area contributed by atoms with Gasteiger partial charge in [-0.05, 0) is 44.5 Å². The first-order chi connectivity index (χ1) is 8.84. The number of aromatic nitrogens is 1. The summed E-state index contributed by atoms with van der Waals surface area (Å²) in [6.07, 6.45) is 3.74. The summed E-state index contributed by atoms with van der Waals surface area (Å²) in [5, 5.41) is 4.62. The van der Waals surface area contributed by atoms with Gasteiger partial charge >= 0.3 is 0 Å². The van der Waals surface area contributed by atoms with Gasteiger partial charge in [0, 0.05) is 13.1 Å². The fourth-order valence-electron chi connectivity index (χ4n) is 2.56. The number of benzene rings is 1. The van der Waals surface area contributed by atoms with Crippen LogP contribution in [0.2, 0.25) is 0 Å². The van der Waals surface area contributed by atoms with Gasteiger partial charge in [-0.3, -0.25) is 0 Å². The molecule has 3 rings (SSSR count). The molecule has 1 aromatic carbocycles. The highest BCUT2D eigenvalue weighted by Crippen LogP contribution is 2.30. The van der Waals surface area contributed by atoms with Crippen molar-refractivity contribution in [2.75, 3.05) is 25.0 Å². The first kappa shape index (κ1) is 11.9. The van der Waals surface area contributed by atoms with Crippen molar-refractivity contribution < 1.29 is 0 Å². The van der Waals surface area contributed by atoms with Crippen LogP contribution >= 0.6 is 11.3 Å².